The normalized spacial score (nSPS) is 12.6. The first-order valence-corrected chi connectivity index (χ1v) is 9.06. The molecule has 0 aliphatic rings. The van der Waals surface area contributed by atoms with Gasteiger partial charge in [0.1, 0.15) is 6.54 Å². The topological polar surface area (TPSA) is 64.2 Å². The van der Waals surface area contributed by atoms with Crippen LogP contribution in [0.25, 0.3) is 10.9 Å². The summed E-state index contributed by atoms with van der Waals surface area (Å²) in [6, 6.07) is 12.7. The molecule has 0 spiro atoms. The Hall–Kier alpha value is -2.66. The van der Waals surface area contributed by atoms with E-state index in [0.29, 0.717) is 6.04 Å². The fourth-order valence-electron chi connectivity index (χ4n) is 3.32. The fourth-order valence-corrected chi connectivity index (χ4v) is 3.32. The van der Waals surface area contributed by atoms with Crippen LogP contribution in [0.3, 0.4) is 0 Å². The fraction of sp³-hybridized carbons (Fsp3) is 0.333. The minimum Gasteiger partial charge on any atom is -0.368 e. The van der Waals surface area contributed by atoms with E-state index in [1.807, 2.05) is 35.0 Å². The molecule has 2 N–H and O–H groups in total. The summed E-state index contributed by atoms with van der Waals surface area (Å²) in [7, 11) is 0. The van der Waals surface area contributed by atoms with Crippen LogP contribution >= 0.6 is 0 Å². The number of rotatable bonds is 8. The van der Waals surface area contributed by atoms with Crippen molar-refractivity contribution in [3.05, 3.63) is 66.1 Å². The largest absolute Gasteiger partial charge is 0.368 e. The van der Waals surface area contributed by atoms with Gasteiger partial charge in [0, 0.05) is 48.6 Å². The van der Waals surface area contributed by atoms with Crippen molar-refractivity contribution in [2.45, 2.75) is 45.9 Å². The molecular weight excluding hydrogens is 324 g/mol. The Kier molecular flexibility index (Phi) is 5.68. The predicted octanol–water partition coefficient (Wildman–Crippen LogP) is 3.32. The number of aromatic nitrogens is 2. The minimum atomic E-state index is -0.327. The number of nitrogens with two attached hydrogens (primary N) is 1. The molecule has 0 bridgehead atoms. The van der Waals surface area contributed by atoms with E-state index in [1.54, 1.807) is 6.20 Å². The van der Waals surface area contributed by atoms with Gasteiger partial charge in [0.05, 0.1) is 0 Å². The molecule has 2 aromatic heterocycles. The number of nitrogens with zero attached hydrogens (tertiary/aromatic N) is 3. The summed E-state index contributed by atoms with van der Waals surface area (Å²) in [5.41, 5.74) is 8.89. The van der Waals surface area contributed by atoms with E-state index in [0.717, 1.165) is 25.0 Å². The van der Waals surface area contributed by atoms with Gasteiger partial charge in [0.2, 0.25) is 5.91 Å². The van der Waals surface area contributed by atoms with Crippen molar-refractivity contribution in [2.75, 3.05) is 0 Å². The molecule has 1 aromatic carbocycles. The summed E-state index contributed by atoms with van der Waals surface area (Å²) in [6.45, 7) is 6.32. The molecule has 1 amide bonds. The number of hydrogen-bond acceptors (Lipinski definition) is 3. The van der Waals surface area contributed by atoms with Crippen molar-refractivity contribution < 1.29 is 4.79 Å². The third-order valence-corrected chi connectivity index (χ3v) is 4.89. The lowest BCUT2D eigenvalue weighted by atomic mass is 10.1. The van der Waals surface area contributed by atoms with Gasteiger partial charge in [-0.15, -0.1) is 0 Å². The second-order valence-electron chi connectivity index (χ2n) is 6.79. The number of fused-ring (bicyclic) bond motifs is 1. The molecule has 3 rings (SSSR count). The standard InChI is InChI=1S/C21H26N4O/c1-3-16(2)24(12-17-7-6-10-23-11-17)13-18-14-25(15-21(22)26)20-9-5-4-8-19(18)20/h4-11,14,16H,3,12-13,15H2,1-2H3,(H2,22,26)/t16-/m0/s1. The van der Waals surface area contributed by atoms with Gasteiger partial charge in [-0.05, 0) is 36.6 Å². The number of hydrogen-bond donors (Lipinski definition) is 1. The van der Waals surface area contributed by atoms with Crippen LogP contribution < -0.4 is 5.73 Å². The van der Waals surface area contributed by atoms with Crippen molar-refractivity contribution in [1.82, 2.24) is 14.5 Å². The van der Waals surface area contributed by atoms with Crippen LogP contribution in [0.5, 0.6) is 0 Å². The molecule has 0 aliphatic carbocycles. The lowest BCUT2D eigenvalue weighted by Gasteiger charge is -2.28. The van der Waals surface area contributed by atoms with E-state index < -0.39 is 0 Å². The number of benzene rings is 1. The van der Waals surface area contributed by atoms with Gasteiger partial charge >= 0.3 is 0 Å². The van der Waals surface area contributed by atoms with Crippen molar-refractivity contribution >= 4 is 16.8 Å². The molecule has 0 radical (unpaired) electrons. The highest BCUT2D eigenvalue weighted by molar-refractivity contribution is 5.85. The molecule has 0 aliphatic heterocycles. The first kappa shape index (κ1) is 18.1. The number of carbonyl (C=O) groups excluding carboxylic acids is 1. The van der Waals surface area contributed by atoms with Crippen molar-refractivity contribution in [3.63, 3.8) is 0 Å². The average Bonchev–Trinajstić information content (AvgIpc) is 2.98. The van der Waals surface area contributed by atoms with Gasteiger partial charge in [-0.1, -0.05) is 31.2 Å². The van der Waals surface area contributed by atoms with Gasteiger partial charge in [-0.2, -0.15) is 0 Å². The molecule has 0 fully saturated rings. The summed E-state index contributed by atoms with van der Waals surface area (Å²) in [5.74, 6) is -0.327. The van der Waals surface area contributed by atoms with E-state index in [4.69, 9.17) is 5.73 Å². The maximum absolute atomic E-state index is 11.4. The summed E-state index contributed by atoms with van der Waals surface area (Å²) in [6.07, 6.45) is 6.86. The van der Waals surface area contributed by atoms with E-state index in [2.05, 4.69) is 42.1 Å². The van der Waals surface area contributed by atoms with Crippen LogP contribution in [0.1, 0.15) is 31.4 Å². The van der Waals surface area contributed by atoms with E-state index in [9.17, 15) is 4.79 Å². The Morgan fingerprint density at radius 3 is 2.73 bits per heavy atom. The Morgan fingerprint density at radius 2 is 2.04 bits per heavy atom. The van der Waals surface area contributed by atoms with Crippen molar-refractivity contribution in [2.24, 2.45) is 5.73 Å². The molecule has 5 nitrogen and oxygen atoms in total. The molecule has 3 aromatic rings. The lowest BCUT2D eigenvalue weighted by Crippen LogP contribution is -2.31. The average molecular weight is 350 g/mol. The molecule has 0 saturated carbocycles. The van der Waals surface area contributed by atoms with Crippen molar-refractivity contribution in [1.29, 1.82) is 0 Å². The van der Waals surface area contributed by atoms with Gasteiger partial charge in [0.15, 0.2) is 0 Å². The van der Waals surface area contributed by atoms with Crippen molar-refractivity contribution in [3.8, 4) is 0 Å². The Bertz CT molecular complexity index is 872. The zero-order chi connectivity index (χ0) is 18.5. The van der Waals surface area contributed by atoms with Crippen LogP contribution in [-0.2, 0) is 24.4 Å². The zero-order valence-electron chi connectivity index (χ0n) is 15.4. The number of primary amides is 1. The highest BCUT2D eigenvalue weighted by atomic mass is 16.1. The lowest BCUT2D eigenvalue weighted by molar-refractivity contribution is -0.118. The summed E-state index contributed by atoms with van der Waals surface area (Å²) in [4.78, 5) is 18.1. The van der Waals surface area contributed by atoms with Crippen LogP contribution in [0, 0.1) is 0 Å². The number of pyridine rings is 1. The summed E-state index contributed by atoms with van der Waals surface area (Å²) >= 11 is 0. The number of para-hydroxylation sites is 1. The number of carbonyl (C=O) groups is 1. The van der Waals surface area contributed by atoms with E-state index >= 15 is 0 Å². The zero-order valence-corrected chi connectivity index (χ0v) is 15.4. The molecular formula is C21H26N4O. The van der Waals surface area contributed by atoms with E-state index in [-0.39, 0.29) is 12.5 Å². The quantitative estimate of drug-likeness (QED) is 0.678. The second-order valence-corrected chi connectivity index (χ2v) is 6.79. The molecule has 0 unspecified atom stereocenters. The predicted molar refractivity (Wildman–Crippen MR) is 104 cm³/mol. The second kappa shape index (κ2) is 8.15. The third kappa shape index (κ3) is 4.11. The summed E-state index contributed by atoms with van der Waals surface area (Å²) < 4.78 is 1.95. The molecule has 136 valence electrons. The molecule has 0 saturated heterocycles. The van der Waals surface area contributed by atoms with E-state index in [1.165, 1.54) is 16.5 Å². The van der Waals surface area contributed by atoms with Gasteiger partial charge in [-0.3, -0.25) is 14.7 Å². The van der Waals surface area contributed by atoms with Gasteiger partial charge in [0.25, 0.3) is 0 Å². The van der Waals surface area contributed by atoms with Gasteiger partial charge in [-0.25, -0.2) is 0 Å². The third-order valence-electron chi connectivity index (χ3n) is 4.89. The minimum absolute atomic E-state index is 0.201. The Morgan fingerprint density at radius 1 is 1.23 bits per heavy atom. The van der Waals surface area contributed by atoms with Crippen LogP contribution in [-0.4, -0.2) is 26.4 Å². The van der Waals surface area contributed by atoms with Crippen LogP contribution in [0.15, 0.2) is 55.0 Å². The Balaban J connectivity index is 1.92. The first-order chi connectivity index (χ1) is 12.6. The SMILES string of the molecule is CC[C@H](C)N(Cc1cccnc1)Cc1cn(CC(N)=O)c2ccccc12. The number of amides is 1. The van der Waals surface area contributed by atoms with Gasteiger partial charge < -0.3 is 10.3 Å². The maximum atomic E-state index is 11.4. The molecule has 5 heteroatoms. The smallest absolute Gasteiger partial charge is 0.237 e. The highest BCUT2D eigenvalue weighted by Crippen LogP contribution is 2.24. The molecule has 26 heavy (non-hydrogen) atoms. The van der Waals surface area contributed by atoms with Crippen LogP contribution in [0.4, 0.5) is 0 Å². The first-order valence-electron chi connectivity index (χ1n) is 9.06. The Labute approximate surface area is 154 Å². The monoisotopic (exact) mass is 350 g/mol. The maximum Gasteiger partial charge on any atom is 0.237 e. The highest BCUT2D eigenvalue weighted by Gasteiger charge is 2.17. The van der Waals surface area contributed by atoms with Crippen LogP contribution in [0.2, 0.25) is 0 Å². The summed E-state index contributed by atoms with van der Waals surface area (Å²) in [5, 5.41) is 1.17. The molecule has 2 heterocycles. The molecule has 1 atom stereocenters.